The standard InChI is InChI=1S/C16H16OTe/c1-12(18-2)13-8-10-15(11-9-13)16(17)14-6-4-3-5-7-14/h3-12H,1-2H3. The second kappa shape index (κ2) is 6.18. The summed E-state index contributed by atoms with van der Waals surface area (Å²) in [5.41, 5.74) is 2.88. The van der Waals surface area contributed by atoms with Crippen LogP contribution in [-0.2, 0) is 0 Å². The molecule has 2 heteroatoms. The van der Waals surface area contributed by atoms with Crippen molar-refractivity contribution in [2.75, 3.05) is 0 Å². The molecule has 0 spiro atoms. The Morgan fingerprint density at radius 2 is 1.50 bits per heavy atom. The molecule has 0 fully saturated rings. The molecule has 0 radical (unpaired) electrons. The molecule has 0 aliphatic heterocycles. The third-order valence-electron chi connectivity index (χ3n) is 3.03. The first-order valence-electron chi connectivity index (χ1n) is 5.95. The van der Waals surface area contributed by atoms with E-state index in [1.807, 2.05) is 42.5 Å². The first kappa shape index (κ1) is 13.3. The van der Waals surface area contributed by atoms with E-state index in [1.54, 1.807) is 0 Å². The summed E-state index contributed by atoms with van der Waals surface area (Å²) < 4.78 is 0.677. The summed E-state index contributed by atoms with van der Waals surface area (Å²) in [6.45, 7) is 2.26. The summed E-state index contributed by atoms with van der Waals surface area (Å²) in [6.07, 6.45) is 0. The molecule has 0 N–H and O–H groups in total. The molecule has 92 valence electrons. The first-order chi connectivity index (χ1) is 8.72. The van der Waals surface area contributed by atoms with Gasteiger partial charge in [0.1, 0.15) is 0 Å². The van der Waals surface area contributed by atoms with Crippen LogP contribution in [0.25, 0.3) is 0 Å². The number of hydrogen-bond acceptors (Lipinski definition) is 1. The fourth-order valence-corrected chi connectivity index (χ4v) is 3.02. The van der Waals surface area contributed by atoms with Crippen LogP contribution in [-0.4, -0.2) is 26.7 Å². The van der Waals surface area contributed by atoms with Crippen molar-refractivity contribution in [2.24, 2.45) is 0 Å². The zero-order chi connectivity index (χ0) is 13.0. The van der Waals surface area contributed by atoms with Gasteiger partial charge < -0.3 is 0 Å². The molecule has 0 saturated heterocycles. The molecular formula is C16H16OTe. The van der Waals surface area contributed by atoms with E-state index in [0.29, 0.717) is 3.97 Å². The van der Waals surface area contributed by atoms with Crippen LogP contribution in [0, 0.1) is 0 Å². The zero-order valence-corrected chi connectivity index (χ0v) is 12.9. The van der Waals surface area contributed by atoms with Crippen molar-refractivity contribution < 1.29 is 4.79 Å². The van der Waals surface area contributed by atoms with Crippen molar-refractivity contribution >= 4 is 26.7 Å². The zero-order valence-electron chi connectivity index (χ0n) is 10.6. The molecule has 1 unspecified atom stereocenters. The van der Waals surface area contributed by atoms with Crippen LogP contribution in [0.4, 0.5) is 0 Å². The van der Waals surface area contributed by atoms with E-state index >= 15 is 0 Å². The van der Waals surface area contributed by atoms with E-state index in [4.69, 9.17) is 0 Å². The van der Waals surface area contributed by atoms with E-state index < -0.39 is 0 Å². The van der Waals surface area contributed by atoms with E-state index in [9.17, 15) is 4.79 Å². The van der Waals surface area contributed by atoms with Crippen LogP contribution in [0.3, 0.4) is 0 Å². The van der Waals surface area contributed by atoms with Crippen LogP contribution >= 0.6 is 0 Å². The fourth-order valence-electron chi connectivity index (χ4n) is 1.80. The molecule has 2 aromatic carbocycles. The molecule has 0 aliphatic rings. The monoisotopic (exact) mass is 354 g/mol. The predicted octanol–water partition coefficient (Wildman–Crippen LogP) is 3.73. The topological polar surface area (TPSA) is 17.1 Å². The molecule has 2 aromatic rings. The second-order valence-corrected chi connectivity index (χ2v) is 7.56. The van der Waals surface area contributed by atoms with Crippen LogP contribution in [0.15, 0.2) is 54.6 Å². The maximum absolute atomic E-state index is 12.2. The molecule has 0 amide bonds. The molecule has 0 aromatic heterocycles. The van der Waals surface area contributed by atoms with Gasteiger partial charge in [0.25, 0.3) is 0 Å². The maximum atomic E-state index is 12.2. The van der Waals surface area contributed by atoms with Gasteiger partial charge in [0.2, 0.25) is 0 Å². The Morgan fingerprint density at radius 3 is 2.06 bits per heavy atom. The van der Waals surface area contributed by atoms with Gasteiger partial charge in [0.05, 0.1) is 0 Å². The molecule has 1 atom stereocenters. The van der Waals surface area contributed by atoms with Gasteiger partial charge in [-0.3, -0.25) is 0 Å². The molecular weight excluding hydrogens is 336 g/mol. The van der Waals surface area contributed by atoms with Crippen molar-refractivity contribution in [1.82, 2.24) is 0 Å². The minimum absolute atomic E-state index is 0.0460. The first-order valence-corrected chi connectivity index (χ1v) is 9.62. The summed E-state index contributed by atoms with van der Waals surface area (Å²) in [5, 5.41) is 0. The molecule has 1 nitrogen and oxygen atoms in total. The van der Waals surface area contributed by atoms with E-state index in [0.717, 1.165) is 11.1 Å². The van der Waals surface area contributed by atoms with E-state index in [2.05, 4.69) is 24.0 Å². The molecule has 2 rings (SSSR count). The Hall–Kier alpha value is -1.10. The Balaban J connectivity index is 2.22. The van der Waals surface area contributed by atoms with Gasteiger partial charge >= 0.3 is 119 Å². The minimum atomic E-state index is 0.0460. The number of carbonyl (C=O) groups excluding carboxylic acids is 1. The summed E-state index contributed by atoms with van der Waals surface area (Å²) >= 11 is 0.0460. The Labute approximate surface area is 118 Å². The normalized spacial score (nSPS) is 12.1. The summed E-state index contributed by atoms with van der Waals surface area (Å²) in [5.74, 6) is 0.0998. The SMILES string of the molecule is C[Te]C(C)c1ccc(C(=O)c2ccccc2)cc1. The van der Waals surface area contributed by atoms with Crippen molar-refractivity contribution in [3.05, 3.63) is 71.3 Å². The summed E-state index contributed by atoms with van der Waals surface area (Å²) in [4.78, 5) is 14.5. The van der Waals surface area contributed by atoms with Gasteiger partial charge in [-0.05, 0) is 0 Å². The van der Waals surface area contributed by atoms with Gasteiger partial charge in [-0.25, -0.2) is 0 Å². The fraction of sp³-hybridized carbons (Fsp3) is 0.188. The number of carbonyl (C=O) groups is 1. The van der Waals surface area contributed by atoms with Gasteiger partial charge in [-0.15, -0.1) is 0 Å². The van der Waals surface area contributed by atoms with Crippen LogP contribution in [0.1, 0.15) is 32.4 Å². The predicted molar refractivity (Wildman–Crippen MR) is 76.3 cm³/mol. The van der Waals surface area contributed by atoms with Crippen LogP contribution < -0.4 is 0 Å². The molecule has 18 heavy (non-hydrogen) atoms. The van der Waals surface area contributed by atoms with Crippen molar-refractivity contribution in [3.63, 3.8) is 0 Å². The van der Waals surface area contributed by atoms with E-state index in [-0.39, 0.29) is 26.7 Å². The third kappa shape index (κ3) is 3.01. The van der Waals surface area contributed by atoms with Crippen molar-refractivity contribution in [2.45, 2.75) is 15.9 Å². The summed E-state index contributed by atoms with van der Waals surface area (Å²) in [6, 6.07) is 17.5. The van der Waals surface area contributed by atoms with Gasteiger partial charge in [0.15, 0.2) is 0 Å². The van der Waals surface area contributed by atoms with Crippen LogP contribution in [0.5, 0.6) is 0 Å². The molecule has 0 bridgehead atoms. The van der Waals surface area contributed by atoms with Gasteiger partial charge in [0, 0.05) is 0 Å². The quantitative estimate of drug-likeness (QED) is 0.606. The third-order valence-corrected chi connectivity index (χ3v) is 5.83. The van der Waals surface area contributed by atoms with Crippen molar-refractivity contribution in [3.8, 4) is 0 Å². The van der Waals surface area contributed by atoms with Gasteiger partial charge in [-0.1, -0.05) is 0 Å². The molecule has 0 saturated carbocycles. The molecule has 0 heterocycles. The number of ketones is 1. The van der Waals surface area contributed by atoms with Gasteiger partial charge in [-0.2, -0.15) is 0 Å². The number of rotatable bonds is 4. The van der Waals surface area contributed by atoms with Crippen LogP contribution in [0.2, 0.25) is 4.97 Å². The number of benzene rings is 2. The van der Waals surface area contributed by atoms with E-state index in [1.165, 1.54) is 5.56 Å². The Bertz CT molecular complexity index is 517. The number of hydrogen-bond donors (Lipinski definition) is 0. The Kier molecular flexibility index (Phi) is 4.58. The van der Waals surface area contributed by atoms with Crippen molar-refractivity contribution in [1.29, 1.82) is 0 Å². The second-order valence-electron chi connectivity index (χ2n) is 4.20. The average molecular weight is 352 g/mol. The molecule has 0 aliphatic carbocycles. The average Bonchev–Trinajstić information content (AvgIpc) is 2.47. The summed E-state index contributed by atoms with van der Waals surface area (Å²) in [7, 11) is 0. The Morgan fingerprint density at radius 1 is 0.944 bits per heavy atom.